The van der Waals surface area contributed by atoms with Crippen molar-refractivity contribution in [2.24, 2.45) is 0 Å². The van der Waals surface area contributed by atoms with E-state index in [4.69, 9.17) is 11.6 Å². The van der Waals surface area contributed by atoms with Crippen molar-refractivity contribution < 1.29 is 0 Å². The zero-order chi connectivity index (χ0) is 13.1. The van der Waals surface area contributed by atoms with Gasteiger partial charge in [0.15, 0.2) is 0 Å². The van der Waals surface area contributed by atoms with E-state index in [-0.39, 0.29) is 0 Å². The summed E-state index contributed by atoms with van der Waals surface area (Å²) in [7, 11) is 0. The largest absolute Gasteiger partial charge is 0.369 e. The zero-order valence-corrected chi connectivity index (χ0v) is 12.3. The summed E-state index contributed by atoms with van der Waals surface area (Å²) in [5.41, 5.74) is 2.71. The molecule has 2 nitrogen and oxygen atoms in total. The van der Waals surface area contributed by atoms with E-state index in [1.165, 1.54) is 11.3 Å². The molecule has 1 aliphatic heterocycles. The lowest BCUT2D eigenvalue weighted by atomic mass is 10.2. The highest BCUT2D eigenvalue weighted by atomic mass is 35.5. The maximum Gasteiger partial charge on any atom is 0.0407 e. The zero-order valence-electron chi connectivity index (χ0n) is 10.8. The Balaban J connectivity index is 1.56. The minimum Gasteiger partial charge on any atom is -0.369 e. The molecule has 0 spiro atoms. The highest BCUT2D eigenvalue weighted by Gasteiger charge is 2.17. The van der Waals surface area contributed by atoms with Gasteiger partial charge < -0.3 is 4.90 Å². The van der Waals surface area contributed by atoms with Crippen LogP contribution in [-0.2, 0) is 6.54 Å². The molecule has 1 aliphatic rings. The Bertz CT molecular complexity index is 501. The van der Waals surface area contributed by atoms with E-state index in [9.17, 15) is 0 Å². The predicted octanol–water partition coefficient (Wildman–Crippen LogP) is 3.72. The number of piperazine rings is 1. The van der Waals surface area contributed by atoms with Gasteiger partial charge in [-0.1, -0.05) is 11.6 Å². The Labute approximate surface area is 123 Å². The summed E-state index contributed by atoms with van der Waals surface area (Å²) in [6, 6.07) is 10.4. The fraction of sp³-hybridized carbons (Fsp3) is 0.333. The van der Waals surface area contributed by atoms with Gasteiger partial charge in [0.1, 0.15) is 0 Å². The average Bonchev–Trinajstić information content (AvgIpc) is 2.94. The van der Waals surface area contributed by atoms with Crippen LogP contribution < -0.4 is 4.90 Å². The van der Waals surface area contributed by atoms with Crippen LogP contribution >= 0.6 is 22.9 Å². The van der Waals surface area contributed by atoms with E-state index < -0.39 is 0 Å². The predicted molar refractivity (Wildman–Crippen MR) is 83.3 cm³/mol. The first kappa shape index (κ1) is 13.0. The highest BCUT2D eigenvalue weighted by Crippen LogP contribution is 2.20. The SMILES string of the molecule is Clc1ccc(N2CCN(Cc3ccsc3)CC2)cc1. The van der Waals surface area contributed by atoms with Crippen LogP contribution in [0.25, 0.3) is 0 Å². The Hall–Kier alpha value is -1.03. The van der Waals surface area contributed by atoms with Gasteiger partial charge >= 0.3 is 0 Å². The Morgan fingerprint density at radius 2 is 1.74 bits per heavy atom. The number of nitrogens with zero attached hydrogens (tertiary/aromatic N) is 2. The molecule has 0 amide bonds. The van der Waals surface area contributed by atoms with Gasteiger partial charge in [0.2, 0.25) is 0 Å². The third kappa shape index (κ3) is 3.30. The van der Waals surface area contributed by atoms with Gasteiger partial charge in [-0.25, -0.2) is 0 Å². The number of thiophene rings is 1. The van der Waals surface area contributed by atoms with Gasteiger partial charge in [0, 0.05) is 43.4 Å². The van der Waals surface area contributed by atoms with Crippen molar-refractivity contribution in [3.63, 3.8) is 0 Å². The highest BCUT2D eigenvalue weighted by molar-refractivity contribution is 7.07. The summed E-state index contributed by atoms with van der Waals surface area (Å²) in [6.07, 6.45) is 0. The van der Waals surface area contributed by atoms with Crippen molar-refractivity contribution in [2.45, 2.75) is 6.54 Å². The fourth-order valence-corrected chi connectivity index (χ4v) is 3.24. The first-order chi connectivity index (χ1) is 9.31. The minimum absolute atomic E-state index is 0.805. The lowest BCUT2D eigenvalue weighted by Crippen LogP contribution is -2.45. The van der Waals surface area contributed by atoms with Crippen LogP contribution in [0.1, 0.15) is 5.56 Å². The molecule has 1 fully saturated rings. The molecule has 3 rings (SSSR count). The number of hydrogen-bond acceptors (Lipinski definition) is 3. The number of rotatable bonds is 3. The van der Waals surface area contributed by atoms with Crippen molar-refractivity contribution in [1.29, 1.82) is 0 Å². The molecule has 2 heterocycles. The van der Waals surface area contributed by atoms with Crippen LogP contribution in [0.2, 0.25) is 5.02 Å². The fourth-order valence-electron chi connectivity index (χ4n) is 2.46. The van der Waals surface area contributed by atoms with E-state index in [1.54, 1.807) is 11.3 Å². The van der Waals surface area contributed by atoms with Crippen LogP contribution in [0.3, 0.4) is 0 Å². The van der Waals surface area contributed by atoms with Crippen LogP contribution in [0.15, 0.2) is 41.1 Å². The van der Waals surface area contributed by atoms with Gasteiger partial charge in [0.25, 0.3) is 0 Å². The summed E-state index contributed by atoms with van der Waals surface area (Å²) >= 11 is 7.70. The van der Waals surface area contributed by atoms with Gasteiger partial charge in [-0.2, -0.15) is 11.3 Å². The van der Waals surface area contributed by atoms with E-state index in [1.807, 2.05) is 12.1 Å². The van der Waals surface area contributed by atoms with E-state index in [0.29, 0.717) is 0 Å². The van der Waals surface area contributed by atoms with E-state index in [2.05, 4.69) is 38.8 Å². The van der Waals surface area contributed by atoms with Gasteiger partial charge in [-0.15, -0.1) is 0 Å². The van der Waals surface area contributed by atoms with Crippen molar-refractivity contribution in [2.75, 3.05) is 31.1 Å². The van der Waals surface area contributed by atoms with E-state index >= 15 is 0 Å². The van der Waals surface area contributed by atoms with Gasteiger partial charge in [-0.05, 0) is 46.7 Å². The molecule has 1 aromatic carbocycles. The molecule has 2 aromatic rings. The van der Waals surface area contributed by atoms with Crippen molar-refractivity contribution in [3.05, 3.63) is 51.7 Å². The van der Waals surface area contributed by atoms with Crippen molar-refractivity contribution in [3.8, 4) is 0 Å². The van der Waals surface area contributed by atoms with Crippen molar-refractivity contribution in [1.82, 2.24) is 4.90 Å². The molecule has 19 heavy (non-hydrogen) atoms. The average molecular weight is 293 g/mol. The van der Waals surface area contributed by atoms with Gasteiger partial charge in [0.05, 0.1) is 0 Å². The third-order valence-corrected chi connectivity index (χ3v) is 4.53. The molecule has 1 aromatic heterocycles. The van der Waals surface area contributed by atoms with Crippen LogP contribution in [0, 0.1) is 0 Å². The first-order valence-electron chi connectivity index (χ1n) is 6.55. The molecular weight excluding hydrogens is 276 g/mol. The Kier molecular flexibility index (Phi) is 4.06. The second-order valence-electron chi connectivity index (χ2n) is 4.87. The lowest BCUT2D eigenvalue weighted by Gasteiger charge is -2.36. The topological polar surface area (TPSA) is 6.48 Å². The molecule has 0 N–H and O–H groups in total. The summed E-state index contributed by atoms with van der Waals surface area (Å²) < 4.78 is 0. The smallest absolute Gasteiger partial charge is 0.0407 e. The molecule has 1 saturated heterocycles. The molecule has 0 bridgehead atoms. The number of hydrogen-bond donors (Lipinski definition) is 0. The monoisotopic (exact) mass is 292 g/mol. The maximum absolute atomic E-state index is 5.93. The molecular formula is C15H17ClN2S. The summed E-state index contributed by atoms with van der Waals surface area (Å²) in [4.78, 5) is 4.95. The van der Waals surface area contributed by atoms with Crippen LogP contribution in [0.5, 0.6) is 0 Å². The Morgan fingerprint density at radius 3 is 2.37 bits per heavy atom. The second-order valence-corrected chi connectivity index (χ2v) is 6.09. The van der Waals surface area contributed by atoms with E-state index in [0.717, 1.165) is 37.7 Å². The summed E-state index contributed by atoms with van der Waals surface area (Å²) in [6.45, 7) is 5.51. The second kappa shape index (κ2) is 5.95. The minimum atomic E-state index is 0.805. The molecule has 0 radical (unpaired) electrons. The molecule has 0 saturated carbocycles. The quantitative estimate of drug-likeness (QED) is 0.851. The van der Waals surface area contributed by atoms with Crippen molar-refractivity contribution >= 4 is 28.6 Å². The van der Waals surface area contributed by atoms with Gasteiger partial charge in [-0.3, -0.25) is 4.90 Å². The number of halogens is 1. The standard InChI is InChI=1S/C15H17ClN2S/c16-14-1-3-15(4-2-14)18-8-6-17(7-9-18)11-13-5-10-19-12-13/h1-5,10,12H,6-9,11H2. The number of benzene rings is 1. The van der Waals surface area contributed by atoms with Crippen LogP contribution in [-0.4, -0.2) is 31.1 Å². The Morgan fingerprint density at radius 1 is 1.00 bits per heavy atom. The summed E-state index contributed by atoms with van der Waals surface area (Å²) in [5.74, 6) is 0. The molecule has 0 atom stereocenters. The first-order valence-corrected chi connectivity index (χ1v) is 7.87. The molecule has 0 unspecified atom stereocenters. The summed E-state index contributed by atoms with van der Waals surface area (Å²) in [5, 5.41) is 5.20. The molecule has 0 aliphatic carbocycles. The van der Waals surface area contributed by atoms with Crippen LogP contribution in [0.4, 0.5) is 5.69 Å². The molecule has 4 heteroatoms. The number of anilines is 1. The lowest BCUT2D eigenvalue weighted by molar-refractivity contribution is 0.250. The third-order valence-electron chi connectivity index (χ3n) is 3.55. The molecule has 100 valence electrons. The maximum atomic E-state index is 5.93. The normalized spacial score (nSPS) is 16.8.